The van der Waals surface area contributed by atoms with Gasteiger partial charge in [0.2, 0.25) is 0 Å². The summed E-state index contributed by atoms with van der Waals surface area (Å²) in [5.74, 6) is -2.09. The highest BCUT2D eigenvalue weighted by atomic mass is 79.9. The minimum absolute atomic E-state index is 0.146. The molecular weight excluding hydrogens is 443 g/mol. The van der Waals surface area contributed by atoms with E-state index >= 15 is 0 Å². The van der Waals surface area contributed by atoms with Crippen molar-refractivity contribution < 1.29 is 13.2 Å². The Bertz CT molecular complexity index is 1070. The molecule has 1 saturated carbocycles. The van der Waals surface area contributed by atoms with Gasteiger partial charge in [-0.3, -0.25) is 4.98 Å². The summed E-state index contributed by atoms with van der Waals surface area (Å²) < 4.78 is 42.5. The third-order valence-corrected chi connectivity index (χ3v) is 6.34. The maximum absolute atomic E-state index is 14.2. The number of anilines is 2. The summed E-state index contributed by atoms with van der Waals surface area (Å²) >= 11 is 3.62. The quantitative estimate of drug-likeness (QED) is 0.504. The van der Waals surface area contributed by atoms with Crippen LogP contribution in [0.25, 0.3) is 10.9 Å². The van der Waals surface area contributed by atoms with Gasteiger partial charge in [-0.25, -0.2) is 13.2 Å². The number of halogens is 4. The molecule has 0 atom stereocenters. The summed E-state index contributed by atoms with van der Waals surface area (Å²) in [5.41, 5.74) is 3.02. The van der Waals surface area contributed by atoms with Crippen LogP contribution in [0.1, 0.15) is 24.5 Å². The standard InChI is InChI=1S/C22H19BrF3N3/c23-16-3-1-2-15-20(12-19(13-4-5-13)27-21(15)16)28-6-8-29(9-7-28)22-17(25)10-14(24)11-18(22)26/h1-3,10-13H,4-9H2. The lowest BCUT2D eigenvalue weighted by molar-refractivity contribution is 0.529. The molecule has 3 nitrogen and oxygen atoms in total. The van der Waals surface area contributed by atoms with Crippen molar-refractivity contribution in [3.8, 4) is 0 Å². The topological polar surface area (TPSA) is 19.4 Å². The molecule has 29 heavy (non-hydrogen) atoms. The summed E-state index contributed by atoms with van der Waals surface area (Å²) in [6, 6.07) is 9.69. The van der Waals surface area contributed by atoms with Gasteiger partial charge in [-0.2, -0.15) is 0 Å². The van der Waals surface area contributed by atoms with E-state index in [1.54, 1.807) is 4.90 Å². The molecule has 0 spiro atoms. The molecule has 1 aliphatic heterocycles. The van der Waals surface area contributed by atoms with Gasteiger partial charge < -0.3 is 9.80 Å². The lowest BCUT2D eigenvalue weighted by atomic mass is 10.1. The van der Waals surface area contributed by atoms with E-state index < -0.39 is 17.5 Å². The molecule has 2 aliphatic rings. The minimum Gasteiger partial charge on any atom is -0.367 e. The average Bonchev–Trinajstić information content (AvgIpc) is 3.53. The first-order valence-corrected chi connectivity index (χ1v) is 10.5. The van der Waals surface area contributed by atoms with Crippen molar-refractivity contribution in [3.63, 3.8) is 0 Å². The zero-order valence-electron chi connectivity index (χ0n) is 15.6. The van der Waals surface area contributed by atoms with Crippen LogP contribution in [-0.4, -0.2) is 31.2 Å². The van der Waals surface area contributed by atoms with E-state index in [1.807, 2.05) is 12.1 Å². The second kappa shape index (κ2) is 7.20. The molecule has 5 rings (SSSR count). The summed E-state index contributed by atoms with van der Waals surface area (Å²) in [6.07, 6.45) is 2.33. The maximum Gasteiger partial charge on any atom is 0.152 e. The third-order valence-electron chi connectivity index (χ3n) is 5.70. The number of fused-ring (bicyclic) bond motifs is 1. The molecule has 0 amide bonds. The van der Waals surface area contributed by atoms with E-state index in [0.29, 0.717) is 32.1 Å². The zero-order valence-corrected chi connectivity index (χ0v) is 17.2. The second-order valence-corrected chi connectivity index (χ2v) is 8.52. The first-order chi connectivity index (χ1) is 14.0. The number of nitrogens with zero attached hydrogens (tertiary/aromatic N) is 3. The highest BCUT2D eigenvalue weighted by Crippen LogP contribution is 2.42. The van der Waals surface area contributed by atoms with Crippen LogP contribution in [0.15, 0.2) is 40.9 Å². The van der Waals surface area contributed by atoms with Crippen LogP contribution in [0, 0.1) is 17.5 Å². The molecule has 0 unspecified atom stereocenters. The van der Waals surface area contributed by atoms with Crippen molar-refractivity contribution >= 4 is 38.2 Å². The van der Waals surface area contributed by atoms with Crippen molar-refractivity contribution in [3.05, 3.63) is 64.0 Å². The molecule has 1 aliphatic carbocycles. The van der Waals surface area contributed by atoms with E-state index in [0.717, 1.165) is 38.9 Å². The molecule has 2 heterocycles. The van der Waals surface area contributed by atoms with Gasteiger partial charge in [0.1, 0.15) is 11.5 Å². The van der Waals surface area contributed by atoms with Crippen LogP contribution in [-0.2, 0) is 0 Å². The van der Waals surface area contributed by atoms with Gasteiger partial charge in [0.15, 0.2) is 11.6 Å². The first kappa shape index (κ1) is 18.7. The van der Waals surface area contributed by atoms with Crippen molar-refractivity contribution in [1.29, 1.82) is 0 Å². The maximum atomic E-state index is 14.2. The second-order valence-electron chi connectivity index (χ2n) is 7.67. The Labute approximate surface area is 175 Å². The highest BCUT2D eigenvalue weighted by molar-refractivity contribution is 9.10. The minimum atomic E-state index is -0.899. The zero-order chi connectivity index (χ0) is 20.1. The van der Waals surface area contributed by atoms with Crippen LogP contribution >= 0.6 is 15.9 Å². The van der Waals surface area contributed by atoms with Crippen molar-refractivity contribution in [1.82, 2.24) is 4.98 Å². The SMILES string of the molecule is Fc1cc(F)c(N2CCN(c3cc(C4CC4)nc4c(Br)cccc34)CC2)c(F)c1. The third kappa shape index (κ3) is 3.45. The predicted molar refractivity (Wildman–Crippen MR) is 112 cm³/mol. The number of hydrogen-bond donors (Lipinski definition) is 0. The summed E-state index contributed by atoms with van der Waals surface area (Å²) in [7, 11) is 0. The molecular formula is C22H19BrF3N3. The number of benzene rings is 2. The lowest BCUT2D eigenvalue weighted by Crippen LogP contribution is -2.47. The smallest absolute Gasteiger partial charge is 0.152 e. The van der Waals surface area contributed by atoms with Crippen LogP contribution in [0.3, 0.4) is 0 Å². The Morgan fingerprint density at radius 2 is 1.55 bits per heavy atom. The fourth-order valence-corrected chi connectivity index (χ4v) is 4.53. The molecule has 3 aromatic rings. The van der Waals surface area contributed by atoms with Crippen LogP contribution in [0.4, 0.5) is 24.5 Å². The van der Waals surface area contributed by atoms with E-state index in [2.05, 4.69) is 33.0 Å². The van der Waals surface area contributed by atoms with Gasteiger partial charge in [0.05, 0.1) is 5.52 Å². The summed E-state index contributed by atoms with van der Waals surface area (Å²) in [4.78, 5) is 8.77. The Morgan fingerprint density at radius 1 is 0.897 bits per heavy atom. The van der Waals surface area contributed by atoms with Crippen molar-refractivity contribution in [2.75, 3.05) is 36.0 Å². The lowest BCUT2D eigenvalue weighted by Gasteiger charge is -2.38. The number of aromatic nitrogens is 1. The van der Waals surface area contributed by atoms with Gasteiger partial charge in [0, 0.05) is 65.5 Å². The first-order valence-electron chi connectivity index (χ1n) is 9.75. The highest BCUT2D eigenvalue weighted by Gasteiger charge is 2.29. The molecule has 0 radical (unpaired) electrons. The molecule has 2 fully saturated rings. The van der Waals surface area contributed by atoms with Crippen molar-refractivity contribution in [2.24, 2.45) is 0 Å². The Hall–Kier alpha value is -2.28. The summed E-state index contributed by atoms with van der Waals surface area (Å²) in [5, 5.41) is 1.07. The predicted octanol–water partition coefficient (Wildman–Crippen LogP) is 5.62. The molecule has 1 aromatic heterocycles. The molecule has 0 bridgehead atoms. The molecule has 0 N–H and O–H groups in total. The number of rotatable bonds is 3. The molecule has 1 saturated heterocycles. The van der Waals surface area contributed by atoms with E-state index in [9.17, 15) is 13.2 Å². The number of piperazine rings is 1. The summed E-state index contributed by atoms with van der Waals surface area (Å²) in [6.45, 7) is 2.14. The Kier molecular flexibility index (Phi) is 4.65. The van der Waals surface area contributed by atoms with Crippen LogP contribution in [0.5, 0.6) is 0 Å². The average molecular weight is 462 g/mol. The molecule has 7 heteroatoms. The molecule has 150 valence electrons. The fourth-order valence-electron chi connectivity index (χ4n) is 4.07. The van der Waals surface area contributed by atoms with E-state index in [1.165, 1.54) is 12.8 Å². The Balaban J connectivity index is 1.46. The number of hydrogen-bond acceptors (Lipinski definition) is 3. The van der Waals surface area contributed by atoms with Crippen LogP contribution < -0.4 is 9.80 Å². The number of para-hydroxylation sites is 1. The van der Waals surface area contributed by atoms with Gasteiger partial charge in [-0.15, -0.1) is 0 Å². The van der Waals surface area contributed by atoms with Crippen LogP contribution in [0.2, 0.25) is 0 Å². The van der Waals surface area contributed by atoms with Crippen molar-refractivity contribution in [2.45, 2.75) is 18.8 Å². The van der Waals surface area contributed by atoms with E-state index in [4.69, 9.17) is 4.98 Å². The van der Waals surface area contributed by atoms with Gasteiger partial charge in [-0.05, 0) is 40.9 Å². The fraction of sp³-hybridized carbons (Fsp3) is 0.318. The van der Waals surface area contributed by atoms with Gasteiger partial charge >= 0.3 is 0 Å². The largest absolute Gasteiger partial charge is 0.367 e. The number of pyridine rings is 1. The normalized spacial score (nSPS) is 17.2. The van der Waals surface area contributed by atoms with Gasteiger partial charge in [-0.1, -0.05) is 12.1 Å². The Morgan fingerprint density at radius 3 is 2.21 bits per heavy atom. The monoisotopic (exact) mass is 461 g/mol. The van der Waals surface area contributed by atoms with Gasteiger partial charge in [0.25, 0.3) is 0 Å². The van der Waals surface area contributed by atoms with E-state index in [-0.39, 0.29) is 5.69 Å². The molecule has 2 aromatic carbocycles.